The summed E-state index contributed by atoms with van der Waals surface area (Å²) in [6, 6.07) is 11.1. The Morgan fingerprint density at radius 3 is 2.50 bits per heavy atom. The van der Waals surface area contributed by atoms with E-state index >= 15 is 0 Å². The number of esters is 1. The molecule has 2 aliphatic heterocycles. The number of anilines is 2. The van der Waals surface area contributed by atoms with Crippen molar-refractivity contribution in [1.29, 1.82) is 0 Å². The lowest BCUT2D eigenvalue weighted by Crippen LogP contribution is -2.46. The Hall–Kier alpha value is -3.01. The van der Waals surface area contributed by atoms with E-state index in [0.717, 1.165) is 61.7 Å². The Bertz CT molecular complexity index is 1170. The molecule has 1 fully saturated rings. The molecule has 0 unspecified atom stereocenters. The fraction of sp³-hybridized carbons (Fsp3) is 0.444. The molecule has 2 aromatic rings. The smallest absolute Gasteiger partial charge is 0.424 e. The molecule has 38 heavy (non-hydrogen) atoms. The maximum Gasteiger partial charge on any atom is 0.424 e. The molecule has 0 spiro atoms. The van der Waals surface area contributed by atoms with Gasteiger partial charge in [-0.15, -0.1) is 0 Å². The Morgan fingerprint density at radius 2 is 1.74 bits per heavy atom. The number of hydrogen-bond acceptors (Lipinski definition) is 8. The van der Waals surface area contributed by atoms with Gasteiger partial charge in [-0.2, -0.15) is 0 Å². The number of rotatable bonds is 9. The molecular formula is C27H31Cl2N3O6. The van der Waals surface area contributed by atoms with E-state index in [-0.39, 0.29) is 12.3 Å². The van der Waals surface area contributed by atoms with Crippen LogP contribution >= 0.6 is 23.2 Å². The maximum atomic E-state index is 12.5. The highest BCUT2D eigenvalue weighted by Gasteiger charge is 2.31. The van der Waals surface area contributed by atoms with E-state index in [9.17, 15) is 14.4 Å². The molecular weight excluding hydrogens is 533 g/mol. The summed E-state index contributed by atoms with van der Waals surface area (Å²) < 4.78 is 15.5. The normalized spacial score (nSPS) is 15.7. The Labute approximate surface area is 232 Å². The highest BCUT2D eigenvalue weighted by atomic mass is 35.5. The summed E-state index contributed by atoms with van der Waals surface area (Å²) in [7, 11) is 0. The number of carbonyl (C=O) groups excluding carboxylic acids is 3. The first-order valence-corrected chi connectivity index (χ1v) is 13.4. The third-order valence-corrected chi connectivity index (χ3v) is 7.37. The molecule has 11 heteroatoms. The van der Waals surface area contributed by atoms with Gasteiger partial charge in [-0.05, 0) is 49.6 Å². The minimum atomic E-state index is -0.882. The lowest BCUT2D eigenvalue weighted by Gasteiger charge is -2.36. The van der Waals surface area contributed by atoms with E-state index in [4.69, 9.17) is 32.7 Å². The predicted octanol–water partition coefficient (Wildman–Crippen LogP) is 4.91. The van der Waals surface area contributed by atoms with Crippen molar-refractivity contribution in [2.45, 2.75) is 32.6 Å². The molecule has 4 rings (SSSR count). The molecule has 0 aliphatic carbocycles. The number of hydrogen-bond donors (Lipinski definition) is 0. The van der Waals surface area contributed by atoms with E-state index in [1.807, 2.05) is 24.3 Å². The largest absolute Gasteiger partial charge is 0.494 e. The van der Waals surface area contributed by atoms with Crippen molar-refractivity contribution in [2.75, 3.05) is 55.9 Å². The molecule has 2 heterocycles. The van der Waals surface area contributed by atoms with Crippen LogP contribution in [0.4, 0.5) is 16.2 Å². The minimum Gasteiger partial charge on any atom is -0.494 e. The first-order valence-electron chi connectivity index (χ1n) is 12.6. The van der Waals surface area contributed by atoms with Crippen LogP contribution in [0, 0.1) is 0 Å². The quantitative estimate of drug-likeness (QED) is 0.241. The maximum absolute atomic E-state index is 12.5. The summed E-state index contributed by atoms with van der Waals surface area (Å²) in [5.41, 5.74) is 2.26. The van der Waals surface area contributed by atoms with Crippen LogP contribution in [-0.2, 0) is 25.5 Å². The van der Waals surface area contributed by atoms with Crippen molar-refractivity contribution in [3.8, 4) is 5.75 Å². The van der Waals surface area contributed by atoms with Crippen molar-refractivity contribution in [2.24, 2.45) is 0 Å². The first-order chi connectivity index (χ1) is 18.3. The number of carbonyl (C=O) groups is 3. The van der Waals surface area contributed by atoms with E-state index in [1.54, 1.807) is 12.1 Å². The summed E-state index contributed by atoms with van der Waals surface area (Å²) in [5, 5.41) is 1.18. The second kappa shape index (κ2) is 13.2. The van der Waals surface area contributed by atoms with Crippen LogP contribution in [-0.4, -0.2) is 69.0 Å². The van der Waals surface area contributed by atoms with Gasteiger partial charge in [0.15, 0.2) is 0 Å². The van der Waals surface area contributed by atoms with Crippen molar-refractivity contribution in [3.05, 3.63) is 52.0 Å². The van der Waals surface area contributed by atoms with Gasteiger partial charge in [-0.3, -0.25) is 14.5 Å². The molecule has 0 saturated carbocycles. The second-order valence-corrected chi connectivity index (χ2v) is 9.93. The monoisotopic (exact) mass is 563 g/mol. The summed E-state index contributed by atoms with van der Waals surface area (Å²) in [5.74, 6) is -0.382. The van der Waals surface area contributed by atoms with E-state index in [1.165, 1.54) is 6.92 Å². The van der Waals surface area contributed by atoms with Gasteiger partial charge in [0.25, 0.3) is 0 Å². The Balaban J connectivity index is 1.22. The first kappa shape index (κ1) is 28.0. The lowest BCUT2D eigenvalue weighted by atomic mass is 10.0. The molecule has 9 nitrogen and oxygen atoms in total. The summed E-state index contributed by atoms with van der Waals surface area (Å²) in [6.07, 6.45) is 1.68. The third kappa shape index (κ3) is 7.09. The summed E-state index contributed by atoms with van der Waals surface area (Å²) >= 11 is 12.5. The molecule has 2 aromatic carbocycles. The highest BCUT2D eigenvalue weighted by Crippen LogP contribution is 2.33. The number of halogens is 2. The number of benzene rings is 2. The third-order valence-electron chi connectivity index (χ3n) is 6.56. The van der Waals surface area contributed by atoms with Crippen LogP contribution in [0.25, 0.3) is 0 Å². The predicted molar refractivity (Wildman–Crippen MR) is 145 cm³/mol. The molecule has 0 aromatic heterocycles. The zero-order chi connectivity index (χ0) is 27.1. The minimum absolute atomic E-state index is 0.191. The van der Waals surface area contributed by atoms with Gasteiger partial charge in [0.05, 0.1) is 28.0 Å². The standard InChI is InChI=1S/C27H31Cl2N3O6/c1-19(33)37-18-38-27(35)32-24-17-21(9-7-20(24)8-10-25(32)34)36-16-3-2-11-30-12-14-31(15-13-30)23-6-4-5-22(28)26(23)29/h4-7,9,17H,2-3,8,10-16,18H2,1H3. The molecule has 2 aliphatic rings. The van der Waals surface area contributed by atoms with Gasteiger partial charge in [0.2, 0.25) is 12.7 Å². The Kier molecular flexibility index (Phi) is 9.71. The number of ether oxygens (including phenoxy) is 3. The second-order valence-electron chi connectivity index (χ2n) is 9.14. The molecule has 2 amide bonds. The molecule has 204 valence electrons. The van der Waals surface area contributed by atoms with Crippen LogP contribution in [0.5, 0.6) is 5.75 Å². The van der Waals surface area contributed by atoms with Gasteiger partial charge in [-0.1, -0.05) is 35.3 Å². The van der Waals surface area contributed by atoms with E-state index < -0.39 is 18.9 Å². The van der Waals surface area contributed by atoms with Crippen LogP contribution in [0.3, 0.4) is 0 Å². The van der Waals surface area contributed by atoms with E-state index in [2.05, 4.69) is 14.5 Å². The molecule has 0 radical (unpaired) electrons. The lowest BCUT2D eigenvalue weighted by molar-refractivity contribution is -0.148. The average molecular weight is 564 g/mol. The number of nitrogens with zero attached hydrogens (tertiary/aromatic N) is 3. The van der Waals surface area contributed by atoms with Crippen LogP contribution in [0.1, 0.15) is 31.7 Å². The van der Waals surface area contributed by atoms with Crippen molar-refractivity contribution < 1.29 is 28.6 Å². The van der Waals surface area contributed by atoms with Gasteiger partial charge < -0.3 is 19.1 Å². The fourth-order valence-corrected chi connectivity index (χ4v) is 4.96. The Morgan fingerprint density at radius 1 is 0.947 bits per heavy atom. The summed E-state index contributed by atoms with van der Waals surface area (Å²) in [4.78, 5) is 41.5. The zero-order valence-corrected chi connectivity index (χ0v) is 22.8. The van der Waals surface area contributed by atoms with Crippen molar-refractivity contribution in [1.82, 2.24) is 4.90 Å². The topological polar surface area (TPSA) is 88.6 Å². The SMILES string of the molecule is CC(=O)OCOC(=O)N1C(=O)CCc2ccc(OCCCCN3CCN(c4cccc(Cl)c4Cl)CC3)cc21. The number of amides is 2. The van der Waals surface area contributed by atoms with Crippen LogP contribution < -0.4 is 14.5 Å². The van der Waals surface area contributed by atoms with Gasteiger partial charge in [0.1, 0.15) is 5.75 Å². The molecule has 0 bridgehead atoms. The number of fused-ring (bicyclic) bond motifs is 1. The molecule has 1 saturated heterocycles. The number of unbranched alkanes of at least 4 members (excludes halogenated alkanes) is 1. The van der Waals surface area contributed by atoms with Crippen molar-refractivity contribution >= 4 is 52.5 Å². The van der Waals surface area contributed by atoms with Crippen LogP contribution in [0.2, 0.25) is 10.0 Å². The average Bonchev–Trinajstić information content (AvgIpc) is 2.90. The van der Waals surface area contributed by atoms with Gasteiger partial charge in [-0.25, -0.2) is 9.69 Å². The number of aryl methyl sites for hydroxylation is 1. The number of imide groups is 1. The zero-order valence-electron chi connectivity index (χ0n) is 21.3. The van der Waals surface area contributed by atoms with Gasteiger partial charge in [0, 0.05) is 45.6 Å². The highest BCUT2D eigenvalue weighted by molar-refractivity contribution is 6.43. The van der Waals surface area contributed by atoms with Crippen molar-refractivity contribution in [3.63, 3.8) is 0 Å². The van der Waals surface area contributed by atoms with E-state index in [0.29, 0.717) is 34.5 Å². The molecule has 0 atom stereocenters. The molecule has 0 N–H and O–H groups in total. The van der Waals surface area contributed by atoms with Crippen LogP contribution in [0.15, 0.2) is 36.4 Å². The summed E-state index contributed by atoms with van der Waals surface area (Å²) in [6.45, 7) is 5.83. The fourth-order valence-electron chi connectivity index (χ4n) is 4.54. The number of piperazine rings is 1. The van der Waals surface area contributed by atoms with Gasteiger partial charge >= 0.3 is 12.1 Å².